The van der Waals surface area contributed by atoms with E-state index in [2.05, 4.69) is 163 Å². The third-order valence-electron chi connectivity index (χ3n) is 10.3. The zero-order chi connectivity index (χ0) is 35.6. The van der Waals surface area contributed by atoms with Gasteiger partial charge in [-0.25, -0.2) is 4.98 Å². The molecule has 0 saturated carbocycles. The highest BCUT2D eigenvalue weighted by molar-refractivity contribution is 7.22. The van der Waals surface area contributed by atoms with E-state index in [0.29, 0.717) is 0 Å². The first-order chi connectivity index (χ1) is 26.7. The topological polar surface area (TPSA) is 42.4 Å². The standard InChI is InChI=1S/C49H30N2O2S/c1-3-11-31(12-4-1)32-21-23-35(24-22-32)51(36-16-9-15-34(29-36)38-18-10-19-40-39-17-7-8-20-43(39)53-47(38)40)37-25-27-44-41(30-37)46-45(52-44)28-26-42-48(46)54-49(50-42)33-13-5-2-6-14-33/h1-30H. The third-order valence-corrected chi connectivity index (χ3v) is 11.4. The Kier molecular flexibility index (Phi) is 7.00. The molecule has 11 aromatic rings. The van der Waals surface area contributed by atoms with Crippen LogP contribution in [0.4, 0.5) is 17.1 Å². The molecular weight excluding hydrogens is 681 g/mol. The summed E-state index contributed by atoms with van der Waals surface area (Å²) in [6.45, 7) is 0. The minimum atomic E-state index is 0.848. The molecule has 3 aromatic heterocycles. The van der Waals surface area contributed by atoms with Crippen LogP contribution in [0.25, 0.3) is 86.9 Å². The van der Waals surface area contributed by atoms with Gasteiger partial charge in [-0.2, -0.15) is 0 Å². The van der Waals surface area contributed by atoms with Crippen LogP contribution < -0.4 is 4.90 Å². The van der Waals surface area contributed by atoms with Crippen molar-refractivity contribution in [2.75, 3.05) is 4.90 Å². The van der Waals surface area contributed by atoms with Crippen LogP contribution in [0.5, 0.6) is 0 Å². The van der Waals surface area contributed by atoms with Crippen LogP contribution >= 0.6 is 11.3 Å². The molecule has 0 aliphatic carbocycles. The number of fused-ring (bicyclic) bond motifs is 8. The molecule has 0 N–H and O–H groups in total. The van der Waals surface area contributed by atoms with Gasteiger partial charge < -0.3 is 13.7 Å². The summed E-state index contributed by atoms with van der Waals surface area (Å²) in [5, 5.41) is 5.39. The van der Waals surface area contributed by atoms with E-state index in [9.17, 15) is 0 Å². The Morgan fingerprint density at radius 2 is 1.07 bits per heavy atom. The molecule has 4 nitrogen and oxygen atoms in total. The fourth-order valence-electron chi connectivity index (χ4n) is 7.75. The number of benzene rings is 8. The van der Waals surface area contributed by atoms with Gasteiger partial charge in [-0.15, -0.1) is 11.3 Å². The zero-order valence-electron chi connectivity index (χ0n) is 28.9. The number of rotatable bonds is 6. The van der Waals surface area contributed by atoms with E-state index >= 15 is 0 Å². The lowest BCUT2D eigenvalue weighted by molar-refractivity contribution is 0.669. The molecule has 0 unspecified atom stereocenters. The molecule has 5 heteroatoms. The van der Waals surface area contributed by atoms with Gasteiger partial charge in [0.2, 0.25) is 0 Å². The molecular formula is C49H30N2O2S. The molecule has 11 rings (SSSR count). The number of aromatic nitrogens is 1. The maximum atomic E-state index is 6.48. The first kappa shape index (κ1) is 30.7. The van der Waals surface area contributed by atoms with Crippen LogP contribution in [0.15, 0.2) is 191 Å². The van der Waals surface area contributed by atoms with Crippen LogP contribution in [-0.4, -0.2) is 4.98 Å². The van der Waals surface area contributed by atoms with Crippen molar-refractivity contribution in [3.63, 3.8) is 0 Å². The number of nitrogens with zero attached hydrogens (tertiary/aromatic N) is 2. The second kappa shape index (κ2) is 12.3. The number of furan rings is 2. The SMILES string of the molecule is c1ccc(-c2ccc(N(c3cccc(-c4cccc5c4oc4ccccc45)c3)c3ccc4oc5ccc6nc(-c7ccccc7)sc6c5c4c3)cc2)cc1. The van der Waals surface area contributed by atoms with Crippen molar-refractivity contribution in [2.24, 2.45) is 0 Å². The van der Waals surface area contributed by atoms with Gasteiger partial charge in [0.15, 0.2) is 0 Å². The van der Waals surface area contributed by atoms with Crippen LogP contribution in [0, 0.1) is 0 Å². The molecule has 0 atom stereocenters. The number of hydrogen-bond acceptors (Lipinski definition) is 5. The fourth-order valence-corrected chi connectivity index (χ4v) is 8.87. The van der Waals surface area contributed by atoms with Gasteiger partial charge in [0.05, 0.1) is 10.2 Å². The molecule has 0 fully saturated rings. The lowest BCUT2D eigenvalue weighted by Gasteiger charge is -2.26. The van der Waals surface area contributed by atoms with Crippen molar-refractivity contribution in [2.45, 2.75) is 0 Å². The van der Waals surface area contributed by atoms with Crippen molar-refractivity contribution in [3.05, 3.63) is 182 Å². The summed E-state index contributed by atoms with van der Waals surface area (Å²) < 4.78 is 14.1. The van der Waals surface area contributed by atoms with Crippen LogP contribution in [0.2, 0.25) is 0 Å². The smallest absolute Gasteiger partial charge is 0.143 e. The van der Waals surface area contributed by atoms with Crippen molar-refractivity contribution in [1.82, 2.24) is 4.98 Å². The molecule has 0 bridgehead atoms. The Morgan fingerprint density at radius 3 is 1.93 bits per heavy atom. The van der Waals surface area contributed by atoms with Crippen LogP contribution in [0.3, 0.4) is 0 Å². The maximum Gasteiger partial charge on any atom is 0.143 e. The highest BCUT2D eigenvalue weighted by Gasteiger charge is 2.20. The molecule has 3 heterocycles. The summed E-state index contributed by atoms with van der Waals surface area (Å²) in [7, 11) is 0. The Labute approximate surface area is 314 Å². The van der Waals surface area contributed by atoms with Crippen molar-refractivity contribution in [3.8, 4) is 32.8 Å². The number of hydrogen-bond donors (Lipinski definition) is 0. The van der Waals surface area contributed by atoms with Gasteiger partial charge in [-0.1, -0.05) is 121 Å². The Balaban J connectivity index is 1.10. The lowest BCUT2D eigenvalue weighted by atomic mass is 10.0. The molecule has 0 aliphatic rings. The van der Waals surface area contributed by atoms with Gasteiger partial charge in [0.1, 0.15) is 27.3 Å². The summed E-state index contributed by atoms with van der Waals surface area (Å²) in [5.41, 5.74) is 13.2. The third kappa shape index (κ3) is 5.01. The number of para-hydroxylation sites is 2. The Hall–Kier alpha value is -6.95. The molecule has 0 amide bonds. The minimum absolute atomic E-state index is 0.848. The fraction of sp³-hybridized carbons (Fsp3) is 0. The summed E-state index contributed by atoms with van der Waals surface area (Å²) in [6.07, 6.45) is 0. The first-order valence-corrected chi connectivity index (χ1v) is 18.8. The average molecular weight is 711 g/mol. The van der Waals surface area contributed by atoms with Crippen molar-refractivity contribution in [1.29, 1.82) is 0 Å². The van der Waals surface area contributed by atoms with Gasteiger partial charge >= 0.3 is 0 Å². The Bertz CT molecular complexity index is 3160. The first-order valence-electron chi connectivity index (χ1n) is 18.0. The monoisotopic (exact) mass is 710 g/mol. The molecule has 0 aliphatic heterocycles. The number of anilines is 3. The predicted octanol–water partition coefficient (Wildman–Crippen LogP) is 14.6. The second-order valence-corrected chi connectivity index (χ2v) is 14.5. The van der Waals surface area contributed by atoms with Gasteiger partial charge in [0, 0.05) is 49.7 Å². The summed E-state index contributed by atoms with van der Waals surface area (Å²) in [6, 6.07) is 63.8. The highest BCUT2D eigenvalue weighted by Crippen LogP contribution is 2.44. The van der Waals surface area contributed by atoms with Gasteiger partial charge in [0.25, 0.3) is 0 Å². The second-order valence-electron chi connectivity index (χ2n) is 13.5. The maximum absolute atomic E-state index is 6.48. The number of thiazole rings is 1. The average Bonchev–Trinajstić information content (AvgIpc) is 3.95. The van der Waals surface area contributed by atoms with E-state index in [1.54, 1.807) is 11.3 Å². The van der Waals surface area contributed by atoms with Crippen LogP contribution in [-0.2, 0) is 0 Å². The van der Waals surface area contributed by atoms with E-state index in [0.717, 1.165) is 92.9 Å². The van der Waals surface area contributed by atoms with E-state index in [1.165, 1.54) is 11.1 Å². The predicted molar refractivity (Wildman–Crippen MR) is 225 cm³/mol. The molecule has 54 heavy (non-hydrogen) atoms. The molecule has 254 valence electrons. The van der Waals surface area contributed by atoms with Crippen molar-refractivity contribution < 1.29 is 8.83 Å². The zero-order valence-corrected chi connectivity index (χ0v) is 29.8. The minimum Gasteiger partial charge on any atom is -0.456 e. The van der Waals surface area contributed by atoms with Crippen molar-refractivity contribution >= 4 is 82.5 Å². The van der Waals surface area contributed by atoms with E-state index in [1.807, 2.05) is 24.3 Å². The van der Waals surface area contributed by atoms with Gasteiger partial charge in [-0.05, 0) is 77.4 Å². The largest absolute Gasteiger partial charge is 0.456 e. The molecule has 0 spiro atoms. The molecule has 0 saturated heterocycles. The quantitative estimate of drug-likeness (QED) is 0.172. The van der Waals surface area contributed by atoms with Gasteiger partial charge in [-0.3, -0.25) is 0 Å². The lowest BCUT2D eigenvalue weighted by Crippen LogP contribution is -2.10. The summed E-state index contributed by atoms with van der Waals surface area (Å²) in [4.78, 5) is 7.37. The van der Waals surface area contributed by atoms with E-state index in [-0.39, 0.29) is 0 Å². The van der Waals surface area contributed by atoms with E-state index in [4.69, 9.17) is 13.8 Å². The molecule has 8 aromatic carbocycles. The summed E-state index contributed by atoms with van der Waals surface area (Å²) in [5.74, 6) is 0. The van der Waals surface area contributed by atoms with Crippen LogP contribution in [0.1, 0.15) is 0 Å². The summed E-state index contributed by atoms with van der Waals surface area (Å²) >= 11 is 1.71. The highest BCUT2D eigenvalue weighted by atomic mass is 32.1. The molecule has 0 radical (unpaired) electrons. The Morgan fingerprint density at radius 1 is 0.426 bits per heavy atom. The normalized spacial score (nSPS) is 11.7. The van der Waals surface area contributed by atoms with E-state index < -0.39 is 0 Å².